The van der Waals surface area contributed by atoms with Crippen LogP contribution >= 0.6 is 8.58 Å². The Morgan fingerprint density at radius 3 is 2.31 bits per heavy atom. The van der Waals surface area contributed by atoms with Gasteiger partial charge in [-0.25, -0.2) is 0 Å². The fraction of sp³-hybridized carbons (Fsp3) is 0.600. The van der Waals surface area contributed by atoms with Crippen molar-refractivity contribution in [2.24, 2.45) is 0 Å². The normalized spacial score (nSPS) is 11.3. The largest absolute Gasteiger partial charge is 0.0762 e. The average molecular weight is 235 g/mol. The van der Waals surface area contributed by atoms with Gasteiger partial charge in [0.1, 0.15) is 0 Å². The Bertz CT molecular complexity index is 243. The van der Waals surface area contributed by atoms with Gasteiger partial charge >= 0.3 is 0 Å². The lowest BCUT2D eigenvalue weighted by Gasteiger charge is -2.01. The number of benzene rings is 1. The average Bonchev–Trinajstić information content (AvgIpc) is 2.34. The number of hydrogen-bond acceptors (Lipinski definition) is 0. The summed E-state index contributed by atoms with van der Waals surface area (Å²) in [6, 6.07) is 10.8. The molecule has 0 N–H and O–H groups in total. The van der Waals surface area contributed by atoms with Crippen LogP contribution in [0.15, 0.2) is 30.3 Å². The predicted octanol–water partition coefficient (Wildman–Crippen LogP) is 5.49. The first-order valence-electron chi connectivity index (χ1n) is 6.60. The molecule has 0 spiro atoms. The molecular formula is C15H24P. The molecule has 0 fully saturated rings. The maximum Gasteiger partial charge on any atom is -0.00342 e. The first-order valence-corrected chi connectivity index (χ1v) is 7.87. The summed E-state index contributed by atoms with van der Waals surface area (Å²) in [6.07, 6.45) is 11.1. The van der Waals surface area contributed by atoms with Crippen LogP contribution in [-0.2, 0) is 6.16 Å². The third-order valence-electron chi connectivity index (χ3n) is 2.81. The second-order valence-electron chi connectivity index (χ2n) is 4.36. The van der Waals surface area contributed by atoms with Crippen molar-refractivity contribution in [3.8, 4) is 0 Å². The van der Waals surface area contributed by atoms with E-state index in [4.69, 9.17) is 0 Å². The highest BCUT2D eigenvalue weighted by molar-refractivity contribution is 7.37. The van der Waals surface area contributed by atoms with Gasteiger partial charge in [-0.1, -0.05) is 77.9 Å². The fourth-order valence-electron chi connectivity index (χ4n) is 1.80. The molecule has 0 aliphatic carbocycles. The van der Waals surface area contributed by atoms with Crippen molar-refractivity contribution in [2.75, 3.05) is 6.16 Å². The van der Waals surface area contributed by atoms with E-state index in [9.17, 15) is 0 Å². The van der Waals surface area contributed by atoms with Gasteiger partial charge in [-0.3, -0.25) is 0 Å². The van der Waals surface area contributed by atoms with E-state index in [2.05, 4.69) is 37.3 Å². The van der Waals surface area contributed by atoms with Gasteiger partial charge in [0.2, 0.25) is 0 Å². The third-order valence-corrected chi connectivity index (χ3v) is 4.03. The molecule has 0 atom stereocenters. The summed E-state index contributed by atoms with van der Waals surface area (Å²) < 4.78 is 0. The molecule has 1 rings (SSSR count). The minimum Gasteiger partial charge on any atom is -0.0762 e. The summed E-state index contributed by atoms with van der Waals surface area (Å²) >= 11 is 0. The Balaban J connectivity index is 1.89. The van der Waals surface area contributed by atoms with Gasteiger partial charge in [-0.2, -0.15) is 0 Å². The van der Waals surface area contributed by atoms with E-state index >= 15 is 0 Å². The number of rotatable bonds is 9. The summed E-state index contributed by atoms with van der Waals surface area (Å²) in [4.78, 5) is 0. The molecule has 0 heterocycles. The Morgan fingerprint density at radius 1 is 0.875 bits per heavy atom. The van der Waals surface area contributed by atoms with Crippen LogP contribution in [0.1, 0.15) is 51.0 Å². The zero-order valence-corrected chi connectivity index (χ0v) is 11.4. The fourth-order valence-corrected chi connectivity index (χ4v) is 2.87. The van der Waals surface area contributed by atoms with Gasteiger partial charge in [0.25, 0.3) is 0 Å². The lowest BCUT2D eigenvalue weighted by Crippen LogP contribution is -1.83. The Kier molecular flexibility index (Phi) is 8.44. The molecule has 89 valence electrons. The maximum absolute atomic E-state index is 2.28. The standard InChI is InChI=1S/C15H24P/c1-2-3-4-5-6-10-13-16-14-15-11-8-7-9-12-15/h7-9,11-12H,2-6,10,13-14H2,1H3. The van der Waals surface area contributed by atoms with Crippen LogP contribution in [0.25, 0.3) is 0 Å². The topological polar surface area (TPSA) is 0 Å². The van der Waals surface area contributed by atoms with E-state index in [0.717, 1.165) is 0 Å². The summed E-state index contributed by atoms with van der Waals surface area (Å²) in [5.74, 6) is 0. The number of hydrogen-bond donors (Lipinski definition) is 0. The van der Waals surface area contributed by atoms with Crippen molar-refractivity contribution in [3.63, 3.8) is 0 Å². The van der Waals surface area contributed by atoms with Crippen LogP contribution in [0.4, 0.5) is 0 Å². The molecule has 0 bridgehead atoms. The molecule has 0 aromatic heterocycles. The molecule has 0 nitrogen and oxygen atoms in total. The van der Waals surface area contributed by atoms with Crippen LogP contribution in [0, 0.1) is 0 Å². The van der Waals surface area contributed by atoms with Crippen LogP contribution < -0.4 is 0 Å². The molecule has 1 aromatic carbocycles. The monoisotopic (exact) mass is 235 g/mol. The molecule has 0 aliphatic rings. The minimum absolute atomic E-state index is 1.23. The van der Waals surface area contributed by atoms with Crippen LogP contribution in [0.5, 0.6) is 0 Å². The van der Waals surface area contributed by atoms with Crippen LogP contribution in [0.2, 0.25) is 0 Å². The van der Waals surface area contributed by atoms with Gasteiger partial charge < -0.3 is 0 Å². The quantitative estimate of drug-likeness (QED) is 0.392. The third kappa shape index (κ3) is 7.01. The SMILES string of the molecule is CCCCCCCC[P]Cc1ccccc1. The Labute approximate surface area is 103 Å². The summed E-state index contributed by atoms with van der Waals surface area (Å²) in [5, 5.41) is 0. The van der Waals surface area contributed by atoms with Gasteiger partial charge in [0, 0.05) is 0 Å². The zero-order valence-electron chi connectivity index (χ0n) is 10.5. The van der Waals surface area contributed by atoms with Crippen molar-refractivity contribution < 1.29 is 0 Å². The smallest absolute Gasteiger partial charge is 0.00342 e. The van der Waals surface area contributed by atoms with Crippen molar-refractivity contribution in [1.82, 2.24) is 0 Å². The maximum atomic E-state index is 2.28. The van der Waals surface area contributed by atoms with E-state index < -0.39 is 0 Å². The first-order chi connectivity index (χ1) is 7.93. The highest BCUT2D eigenvalue weighted by Crippen LogP contribution is 2.20. The Hall–Kier alpha value is -0.350. The lowest BCUT2D eigenvalue weighted by atomic mass is 10.1. The summed E-state index contributed by atoms with van der Waals surface area (Å²) in [7, 11) is 1.60. The second kappa shape index (κ2) is 9.85. The van der Waals surface area contributed by atoms with Gasteiger partial charge in [0.05, 0.1) is 0 Å². The molecule has 0 unspecified atom stereocenters. The molecular weight excluding hydrogens is 211 g/mol. The molecule has 1 heteroatoms. The molecule has 0 amide bonds. The lowest BCUT2D eigenvalue weighted by molar-refractivity contribution is 0.626. The summed E-state index contributed by atoms with van der Waals surface area (Å²) in [6.45, 7) is 2.28. The van der Waals surface area contributed by atoms with Gasteiger partial charge in [-0.15, -0.1) is 0 Å². The van der Waals surface area contributed by atoms with Crippen molar-refractivity contribution >= 4 is 8.58 Å². The van der Waals surface area contributed by atoms with Crippen molar-refractivity contribution in [3.05, 3.63) is 35.9 Å². The molecule has 1 radical (unpaired) electrons. The zero-order chi connectivity index (χ0) is 11.5. The molecule has 0 saturated carbocycles. The number of unbranched alkanes of at least 4 members (excludes halogenated alkanes) is 5. The van der Waals surface area contributed by atoms with E-state index in [1.54, 1.807) is 8.58 Å². The molecule has 0 aliphatic heterocycles. The molecule has 0 saturated heterocycles. The van der Waals surface area contributed by atoms with Crippen LogP contribution in [0.3, 0.4) is 0 Å². The first kappa shape index (κ1) is 13.7. The van der Waals surface area contributed by atoms with Gasteiger partial charge in [-0.05, 0) is 24.3 Å². The Morgan fingerprint density at radius 2 is 1.56 bits per heavy atom. The highest BCUT2D eigenvalue weighted by atomic mass is 31.1. The van der Waals surface area contributed by atoms with Crippen molar-refractivity contribution in [2.45, 2.75) is 51.6 Å². The minimum atomic E-state index is 1.23. The van der Waals surface area contributed by atoms with E-state index in [-0.39, 0.29) is 0 Å². The van der Waals surface area contributed by atoms with E-state index in [1.807, 2.05) is 0 Å². The second-order valence-corrected chi connectivity index (χ2v) is 5.57. The summed E-state index contributed by atoms with van der Waals surface area (Å²) in [5.41, 5.74) is 1.48. The predicted molar refractivity (Wildman–Crippen MR) is 75.3 cm³/mol. The highest BCUT2D eigenvalue weighted by Gasteiger charge is 1.93. The van der Waals surface area contributed by atoms with Crippen molar-refractivity contribution in [1.29, 1.82) is 0 Å². The van der Waals surface area contributed by atoms with Gasteiger partial charge in [0.15, 0.2) is 0 Å². The van der Waals surface area contributed by atoms with E-state index in [0.29, 0.717) is 0 Å². The molecule has 1 aromatic rings. The van der Waals surface area contributed by atoms with Crippen LogP contribution in [-0.4, -0.2) is 6.16 Å². The van der Waals surface area contributed by atoms with E-state index in [1.165, 1.54) is 56.4 Å². The molecule has 16 heavy (non-hydrogen) atoms.